The fraction of sp³-hybridized carbons (Fsp3) is 0.0714. The van der Waals surface area contributed by atoms with Crippen molar-refractivity contribution in [1.82, 2.24) is 0 Å². The van der Waals surface area contributed by atoms with Crippen molar-refractivity contribution in [3.63, 3.8) is 0 Å². The molecule has 0 atom stereocenters. The molecule has 0 amide bonds. The van der Waals surface area contributed by atoms with Crippen molar-refractivity contribution in [3.8, 4) is 16.9 Å². The molecule has 0 aromatic heterocycles. The highest BCUT2D eigenvalue weighted by atomic mass is 19.1. The van der Waals surface area contributed by atoms with Crippen LogP contribution >= 0.6 is 0 Å². The Morgan fingerprint density at radius 3 is 2.28 bits per heavy atom. The summed E-state index contributed by atoms with van der Waals surface area (Å²) < 4.78 is 13.1. The van der Waals surface area contributed by atoms with Crippen molar-refractivity contribution in [2.45, 2.75) is 6.92 Å². The van der Waals surface area contributed by atoms with Gasteiger partial charge in [0.05, 0.1) is 0 Å². The molecule has 0 aliphatic heterocycles. The molecule has 18 heavy (non-hydrogen) atoms. The summed E-state index contributed by atoms with van der Waals surface area (Å²) in [7, 11) is 0. The van der Waals surface area contributed by atoms with E-state index in [2.05, 4.69) is 0 Å². The monoisotopic (exact) mass is 246 g/mol. The van der Waals surface area contributed by atoms with Gasteiger partial charge >= 0.3 is 5.97 Å². The minimum absolute atomic E-state index is 0.155. The van der Waals surface area contributed by atoms with Gasteiger partial charge in [0.1, 0.15) is 17.1 Å². The molecule has 92 valence electrons. The maximum absolute atomic E-state index is 13.1. The first-order valence-corrected chi connectivity index (χ1v) is 5.32. The van der Waals surface area contributed by atoms with Gasteiger partial charge in [-0.05, 0) is 47.9 Å². The van der Waals surface area contributed by atoms with Crippen molar-refractivity contribution >= 4 is 5.97 Å². The number of aromatic carboxylic acids is 1. The zero-order chi connectivity index (χ0) is 13.3. The number of carbonyl (C=O) groups is 1. The lowest BCUT2D eigenvalue weighted by atomic mass is 10.0. The van der Waals surface area contributed by atoms with E-state index in [-0.39, 0.29) is 17.1 Å². The van der Waals surface area contributed by atoms with Crippen LogP contribution in [0.25, 0.3) is 11.1 Å². The number of hydrogen-bond donors (Lipinski definition) is 2. The lowest BCUT2D eigenvalue weighted by Crippen LogP contribution is -1.96. The van der Waals surface area contributed by atoms with E-state index in [0.29, 0.717) is 11.1 Å². The molecule has 2 aromatic carbocycles. The molecule has 0 heterocycles. The molecule has 0 aliphatic rings. The first-order chi connectivity index (χ1) is 8.49. The van der Waals surface area contributed by atoms with Crippen molar-refractivity contribution < 1.29 is 19.4 Å². The van der Waals surface area contributed by atoms with Gasteiger partial charge in [0.25, 0.3) is 0 Å². The molecular weight excluding hydrogens is 235 g/mol. The van der Waals surface area contributed by atoms with E-state index in [4.69, 9.17) is 5.11 Å². The Balaban J connectivity index is 2.48. The smallest absolute Gasteiger partial charge is 0.339 e. The van der Waals surface area contributed by atoms with Crippen LogP contribution in [0.15, 0.2) is 36.4 Å². The zero-order valence-corrected chi connectivity index (χ0v) is 9.64. The number of benzene rings is 2. The molecule has 3 nitrogen and oxygen atoms in total. The van der Waals surface area contributed by atoms with Gasteiger partial charge in [-0.3, -0.25) is 0 Å². The van der Waals surface area contributed by atoms with Gasteiger partial charge in [0, 0.05) is 0 Å². The van der Waals surface area contributed by atoms with Crippen LogP contribution in [0.4, 0.5) is 4.39 Å². The first-order valence-electron chi connectivity index (χ1n) is 5.32. The number of carboxylic acid groups (broad SMARTS) is 1. The quantitative estimate of drug-likeness (QED) is 0.855. The Kier molecular flexibility index (Phi) is 3.02. The van der Waals surface area contributed by atoms with Crippen LogP contribution in [-0.2, 0) is 0 Å². The Hall–Kier alpha value is -2.36. The Morgan fingerprint density at radius 1 is 1.11 bits per heavy atom. The number of carboxylic acids is 1. The maximum atomic E-state index is 13.1. The minimum Gasteiger partial charge on any atom is -0.507 e. The van der Waals surface area contributed by atoms with E-state index in [1.165, 1.54) is 18.2 Å². The van der Waals surface area contributed by atoms with Crippen LogP contribution in [0.2, 0.25) is 0 Å². The molecule has 4 heteroatoms. The second-order valence-electron chi connectivity index (χ2n) is 4.00. The average Bonchev–Trinajstić information content (AvgIpc) is 2.32. The summed E-state index contributed by atoms with van der Waals surface area (Å²) in [4.78, 5) is 10.8. The number of hydrogen-bond acceptors (Lipinski definition) is 2. The fourth-order valence-corrected chi connectivity index (χ4v) is 1.72. The van der Waals surface area contributed by atoms with E-state index in [1.807, 2.05) is 0 Å². The SMILES string of the molecule is Cc1cc(-c2ccc(C(=O)O)c(O)c2)ccc1F. The number of rotatable bonds is 2. The molecule has 0 fully saturated rings. The summed E-state index contributed by atoms with van der Waals surface area (Å²) in [5.41, 5.74) is 1.70. The topological polar surface area (TPSA) is 57.5 Å². The standard InChI is InChI=1S/C14H11FO3/c1-8-6-9(3-5-12(8)15)10-2-4-11(14(17)18)13(16)7-10/h2-7,16H,1H3,(H,17,18). The van der Waals surface area contributed by atoms with Crippen LogP contribution in [0.1, 0.15) is 15.9 Å². The molecule has 0 radical (unpaired) electrons. The fourth-order valence-electron chi connectivity index (χ4n) is 1.72. The second-order valence-corrected chi connectivity index (χ2v) is 4.00. The molecule has 0 aliphatic carbocycles. The van der Waals surface area contributed by atoms with Crippen molar-refractivity contribution in [1.29, 1.82) is 0 Å². The molecule has 0 unspecified atom stereocenters. The molecular formula is C14H11FO3. The minimum atomic E-state index is -1.19. The van der Waals surface area contributed by atoms with Gasteiger partial charge in [-0.1, -0.05) is 12.1 Å². The summed E-state index contributed by atoms with van der Waals surface area (Å²) in [6.45, 7) is 1.64. The highest BCUT2D eigenvalue weighted by Crippen LogP contribution is 2.27. The number of aryl methyl sites for hydroxylation is 1. The van der Waals surface area contributed by atoms with Crippen molar-refractivity contribution in [2.75, 3.05) is 0 Å². The third-order valence-corrected chi connectivity index (χ3v) is 2.72. The molecule has 2 N–H and O–H groups in total. The number of aromatic hydroxyl groups is 1. The first kappa shape index (κ1) is 12.1. The van der Waals surface area contributed by atoms with Crippen molar-refractivity contribution in [2.24, 2.45) is 0 Å². The van der Waals surface area contributed by atoms with Crippen LogP contribution in [0, 0.1) is 12.7 Å². The maximum Gasteiger partial charge on any atom is 0.339 e. The van der Waals surface area contributed by atoms with E-state index >= 15 is 0 Å². The van der Waals surface area contributed by atoms with E-state index in [9.17, 15) is 14.3 Å². The Bertz CT molecular complexity index is 620. The summed E-state index contributed by atoms with van der Waals surface area (Å²) in [5, 5.41) is 18.4. The molecule has 0 saturated heterocycles. The summed E-state index contributed by atoms with van der Waals surface area (Å²) in [5.74, 6) is -1.79. The van der Waals surface area contributed by atoms with Crippen LogP contribution in [0.3, 0.4) is 0 Å². The van der Waals surface area contributed by atoms with Gasteiger partial charge in [-0.25, -0.2) is 9.18 Å². The van der Waals surface area contributed by atoms with Gasteiger partial charge < -0.3 is 10.2 Å². The van der Waals surface area contributed by atoms with Crippen LogP contribution in [-0.4, -0.2) is 16.2 Å². The molecule has 0 spiro atoms. The predicted molar refractivity (Wildman–Crippen MR) is 65.2 cm³/mol. The summed E-state index contributed by atoms with van der Waals surface area (Å²) >= 11 is 0. The molecule has 2 aromatic rings. The normalized spacial score (nSPS) is 10.3. The van der Waals surface area contributed by atoms with Gasteiger partial charge in [-0.2, -0.15) is 0 Å². The van der Waals surface area contributed by atoms with Crippen molar-refractivity contribution in [3.05, 3.63) is 53.3 Å². The third-order valence-electron chi connectivity index (χ3n) is 2.72. The summed E-state index contributed by atoms with van der Waals surface area (Å²) in [6, 6.07) is 8.83. The Morgan fingerprint density at radius 2 is 1.72 bits per heavy atom. The number of phenols is 1. The Labute approximate surface area is 103 Å². The summed E-state index contributed by atoms with van der Waals surface area (Å²) in [6.07, 6.45) is 0. The number of halogens is 1. The lowest BCUT2D eigenvalue weighted by molar-refractivity contribution is 0.0694. The third kappa shape index (κ3) is 2.18. The lowest BCUT2D eigenvalue weighted by Gasteiger charge is -2.06. The van der Waals surface area contributed by atoms with Crippen LogP contribution in [0.5, 0.6) is 5.75 Å². The highest BCUT2D eigenvalue weighted by molar-refractivity contribution is 5.91. The predicted octanol–water partition coefficient (Wildman–Crippen LogP) is 3.20. The van der Waals surface area contributed by atoms with E-state index in [1.54, 1.807) is 25.1 Å². The van der Waals surface area contributed by atoms with Gasteiger partial charge in [-0.15, -0.1) is 0 Å². The highest BCUT2D eigenvalue weighted by Gasteiger charge is 2.10. The van der Waals surface area contributed by atoms with E-state index < -0.39 is 5.97 Å². The van der Waals surface area contributed by atoms with Gasteiger partial charge in [0.2, 0.25) is 0 Å². The van der Waals surface area contributed by atoms with Crippen LogP contribution < -0.4 is 0 Å². The molecule has 2 rings (SSSR count). The van der Waals surface area contributed by atoms with E-state index in [0.717, 1.165) is 5.56 Å². The van der Waals surface area contributed by atoms with Gasteiger partial charge in [0.15, 0.2) is 0 Å². The average molecular weight is 246 g/mol. The zero-order valence-electron chi connectivity index (χ0n) is 9.64. The molecule has 0 saturated carbocycles. The largest absolute Gasteiger partial charge is 0.507 e. The molecule has 0 bridgehead atoms. The second kappa shape index (κ2) is 4.49.